The second-order valence-corrected chi connectivity index (χ2v) is 9.89. The van der Waals surface area contributed by atoms with E-state index in [1.54, 1.807) is 0 Å². The maximum atomic E-state index is 12.9. The monoisotopic (exact) mass is 550 g/mol. The van der Waals surface area contributed by atoms with Crippen molar-refractivity contribution in [1.82, 2.24) is 19.6 Å². The fourth-order valence-electron chi connectivity index (χ4n) is 4.62. The van der Waals surface area contributed by atoms with E-state index < -0.39 is 6.09 Å². The number of amides is 2. The van der Waals surface area contributed by atoms with E-state index in [0.29, 0.717) is 58.8 Å². The summed E-state index contributed by atoms with van der Waals surface area (Å²) in [7, 11) is 0. The molecule has 0 bridgehead atoms. The minimum absolute atomic E-state index is 0.0986. The molecule has 2 amide bonds. The van der Waals surface area contributed by atoms with Crippen LogP contribution in [-0.2, 0) is 32.3 Å². The number of ether oxygens (including phenoxy) is 2. The number of piperazine rings is 2. The van der Waals surface area contributed by atoms with Gasteiger partial charge in [0.2, 0.25) is 11.9 Å². The highest BCUT2D eigenvalue weighted by Gasteiger charge is 2.25. The number of benzene rings is 2. The largest absolute Gasteiger partial charge is 0.461 e. The van der Waals surface area contributed by atoms with Crippen molar-refractivity contribution in [2.45, 2.75) is 19.6 Å². The van der Waals surface area contributed by atoms with E-state index in [1.165, 1.54) is 0 Å². The summed E-state index contributed by atoms with van der Waals surface area (Å²) in [6.45, 7) is 6.58. The van der Waals surface area contributed by atoms with E-state index in [9.17, 15) is 14.4 Å². The lowest BCUT2D eigenvalue weighted by Crippen LogP contribution is -2.55. The number of nitrogens with two attached hydrogens (primary N) is 1. The fraction of sp³-hybridized carbons (Fsp3) is 0.448. The lowest BCUT2D eigenvalue weighted by atomic mass is 10.2. The van der Waals surface area contributed by atoms with Gasteiger partial charge in [-0.05, 0) is 11.1 Å². The molecule has 0 unspecified atom stereocenters. The van der Waals surface area contributed by atoms with Crippen LogP contribution in [0.3, 0.4) is 0 Å². The first kappa shape index (κ1) is 29.0. The fourth-order valence-corrected chi connectivity index (χ4v) is 4.62. The van der Waals surface area contributed by atoms with E-state index in [4.69, 9.17) is 15.2 Å². The second kappa shape index (κ2) is 15.0. The number of carbonyl (C=O) groups is 3. The third kappa shape index (κ3) is 9.35. The maximum Gasteiger partial charge on any atom is 0.437 e. The molecule has 0 spiro atoms. The van der Waals surface area contributed by atoms with Crippen molar-refractivity contribution in [3.63, 3.8) is 0 Å². The predicted octanol–water partition coefficient (Wildman–Crippen LogP) is 1.53. The van der Waals surface area contributed by atoms with Gasteiger partial charge in [0.1, 0.15) is 13.2 Å². The molecule has 0 saturated carbocycles. The predicted molar refractivity (Wildman–Crippen MR) is 150 cm³/mol. The summed E-state index contributed by atoms with van der Waals surface area (Å²) in [5.41, 5.74) is 7.88. The number of hydrogen-bond acceptors (Lipinski definition) is 7. The van der Waals surface area contributed by atoms with Gasteiger partial charge < -0.3 is 25.0 Å². The van der Waals surface area contributed by atoms with Gasteiger partial charge in [-0.1, -0.05) is 60.7 Å². The number of carbonyl (C=O) groups excluding carboxylic acids is 3. The first-order valence-electron chi connectivity index (χ1n) is 13.7. The lowest BCUT2D eigenvalue weighted by Gasteiger charge is -2.38. The molecule has 0 aliphatic carbocycles. The van der Waals surface area contributed by atoms with Crippen molar-refractivity contribution < 1.29 is 23.9 Å². The molecule has 2 heterocycles. The molecule has 11 heteroatoms. The standard InChI is InChI=1S/C29H38N6O5/c30-28(31-29(38)40-23-25-9-5-2-6-10-25)35-19-15-33(16-20-35)21-26(36)34-17-13-32(14-18-34)12-11-27(37)39-22-24-7-3-1-4-8-24/h1-10H,11-23H2,(H2,30,31,38). The van der Waals surface area contributed by atoms with Crippen LogP contribution in [0.4, 0.5) is 4.79 Å². The Bertz CT molecular complexity index is 1130. The molecule has 2 N–H and O–H groups in total. The summed E-state index contributed by atoms with van der Waals surface area (Å²) in [4.78, 5) is 48.9. The van der Waals surface area contributed by atoms with Gasteiger partial charge in [-0.2, -0.15) is 0 Å². The molecule has 11 nitrogen and oxygen atoms in total. The van der Waals surface area contributed by atoms with Gasteiger partial charge in [-0.25, -0.2) is 4.79 Å². The summed E-state index contributed by atoms with van der Waals surface area (Å²) in [5, 5.41) is 0. The summed E-state index contributed by atoms with van der Waals surface area (Å²) in [6, 6.07) is 19.0. The van der Waals surface area contributed by atoms with E-state index in [2.05, 4.69) is 14.8 Å². The van der Waals surface area contributed by atoms with E-state index >= 15 is 0 Å². The van der Waals surface area contributed by atoms with Crippen LogP contribution >= 0.6 is 0 Å². The Morgan fingerprint density at radius 1 is 0.700 bits per heavy atom. The van der Waals surface area contributed by atoms with Crippen molar-refractivity contribution in [2.75, 3.05) is 65.4 Å². The molecule has 214 valence electrons. The van der Waals surface area contributed by atoms with Gasteiger partial charge >= 0.3 is 12.1 Å². The molecule has 4 rings (SSSR count). The van der Waals surface area contributed by atoms with Crippen LogP contribution in [0.2, 0.25) is 0 Å². The topological polar surface area (TPSA) is 121 Å². The first-order valence-corrected chi connectivity index (χ1v) is 13.7. The van der Waals surface area contributed by atoms with Gasteiger partial charge in [-0.3, -0.25) is 19.4 Å². The Labute approximate surface area is 235 Å². The van der Waals surface area contributed by atoms with Gasteiger partial charge in [0.25, 0.3) is 0 Å². The van der Waals surface area contributed by atoms with Crippen LogP contribution in [0, 0.1) is 0 Å². The molecular weight excluding hydrogens is 512 g/mol. The Balaban J connectivity index is 1.09. The van der Waals surface area contributed by atoms with Crippen LogP contribution in [0.1, 0.15) is 17.5 Å². The van der Waals surface area contributed by atoms with Crippen molar-refractivity contribution >= 4 is 23.9 Å². The molecule has 2 aromatic rings. The quantitative estimate of drug-likeness (QED) is 0.281. The van der Waals surface area contributed by atoms with Crippen molar-refractivity contribution in [3.05, 3.63) is 71.8 Å². The molecule has 2 saturated heterocycles. The average Bonchev–Trinajstić information content (AvgIpc) is 2.99. The molecule has 0 aromatic heterocycles. The number of rotatable bonds is 9. The highest BCUT2D eigenvalue weighted by molar-refractivity contribution is 5.89. The van der Waals surface area contributed by atoms with Crippen LogP contribution in [0.25, 0.3) is 0 Å². The van der Waals surface area contributed by atoms with Gasteiger partial charge in [-0.15, -0.1) is 4.99 Å². The smallest absolute Gasteiger partial charge is 0.437 e. The summed E-state index contributed by atoms with van der Waals surface area (Å²) >= 11 is 0. The number of esters is 1. The third-order valence-electron chi connectivity index (χ3n) is 7.07. The maximum absolute atomic E-state index is 12.9. The first-order chi connectivity index (χ1) is 19.5. The Hall–Kier alpha value is -3.96. The molecule has 2 aromatic carbocycles. The van der Waals surface area contributed by atoms with Gasteiger partial charge in [0.05, 0.1) is 13.0 Å². The summed E-state index contributed by atoms with van der Waals surface area (Å²) in [5.74, 6) is 0.0156. The van der Waals surface area contributed by atoms with Crippen molar-refractivity contribution in [2.24, 2.45) is 10.7 Å². The number of guanidine groups is 1. The normalized spacial score (nSPS) is 16.9. The SMILES string of the molecule is NC(=NC(=O)OCc1ccccc1)N1CCN(CC(=O)N2CCN(CCC(=O)OCc3ccccc3)CC2)CC1. The minimum Gasteiger partial charge on any atom is -0.461 e. The van der Waals surface area contributed by atoms with Crippen LogP contribution < -0.4 is 5.73 Å². The highest BCUT2D eigenvalue weighted by Crippen LogP contribution is 2.08. The second-order valence-electron chi connectivity index (χ2n) is 9.89. The molecule has 0 atom stereocenters. The Morgan fingerprint density at radius 2 is 1.23 bits per heavy atom. The van der Waals surface area contributed by atoms with E-state index in [1.807, 2.05) is 70.5 Å². The lowest BCUT2D eigenvalue weighted by molar-refractivity contribution is -0.145. The highest BCUT2D eigenvalue weighted by atomic mass is 16.5. The average molecular weight is 551 g/mol. The molecule has 2 aliphatic rings. The number of aliphatic imine (C=N–C) groups is 1. The number of hydrogen-bond donors (Lipinski definition) is 1. The van der Waals surface area contributed by atoms with E-state index in [-0.39, 0.29) is 31.0 Å². The van der Waals surface area contributed by atoms with Crippen LogP contribution in [-0.4, -0.2) is 109 Å². The van der Waals surface area contributed by atoms with E-state index in [0.717, 1.165) is 24.2 Å². The summed E-state index contributed by atoms with van der Waals surface area (Å²) in [6.07, 6.45) is -0.385. The Morgan fingerprint density at radius 3 is 1.82 bits per heavy atom. The van der Waals surface area contributed by atoms with Crippen LogP contribution in [0.15, 0.2) is 65.7 Å². The van der Waals surface area contributed by atoms with Crippen LogP contribution in [0.5, 0.6) is 0 Å². The van der Waals surface area contributed by atoms with Crippen molar-refractivity contribution in [3.8, 4) is 0 Å². The van der Waals surface area contributed by atoms with Gasteiger partial charge in [0, 0.05) is 58.9 Å². The zero-order valence-electron chi connectivity index (χ0n) is 22.8. The minimum atomic E-state index is -0.720. The Kier molecular flexibility index (Phi) is 10.9. The van der Waals surface area contributed by atoms with Gasteiger partial charge in [0.15, 0.2) is 0 Å². The molecular formula is C29H38N6O5. The molecule has 40 heavy (non-hydrogen) atoms. The third-order valence-corrected chi connectivity index (χ3v) is 7.07. The molecule has 0 radical (unpaired) electrons. The summed E-state index contributed by atoms with van der Waals surface area (Å²) < 4.78 is 10.5. The zero-order valence-corrected chi connectivity index (χ0v) is 22.8. The van der Waals surface area contributed by atoms with Crippen molar-refractivity contribution in [1.29, 1.82) is 0 Å². The molecule has 2 fully saturated rings. The zero-order chi connectivity index (χ0) is 28.2. The molecule has 2 aliphatic heterocycles. The number of nitrogens with zero attached hydrogens (tertiary/aromatic N) is 5.